The van der Waals surface area contributed by atoms with Gasteiger partial charge in [-0.3, -0.25) is 4.79 Å². The summed E-state index contributed by atoms with van der Waals surface area (Å²) >= 11 is 0. The molecule has 2 heterocycles. The van der Waals surface area contributed by atoms with Crippen molar-refractivity contribution in [2.75, 3.05) is 32.1 Å². The van der Waals surface area contributed by atoms with Crippen LogP contribution in [-0.2, 0) is 0 Å². The number of hydrogen-bond acceptors (Lipinski definition) is 5. The third kappa shape index (κ3) is 3.26. The fraction of sp³-hybridized carbons (Fsp3) is 0.571. The Labute approximate surface area is 119 Å². The number of likely N-dealkylation sites (N-methyl/N-ethyl adjacent to an activating group) is 1. The van der Waals surface area contributed by atoms with Crippen LogP contribution in [0.4, 0.5) is 5.82 Å². The van der Waals surface area contributed by atoms with Crippen LogP contribution in [0.1, 0.15) is 30.1 Å². The quantitative estimate of drug-likeness (QED) is 0.635. The number of carbonyl (C=O) groups excluding carboxylic acids is 1. The lowest BCUT2D eigenvalue weighted by Gasteiger charge is -2.30. The second kappa shape index (κ2) is 6.67. The van der Waals surface area contributed by atoms with Crippen molar-refractivity contribution in [3.05, 3.63) is 23.9 Å². The van der Waals surface area contributed by atoms with Crippen molar-refractivity contribution in [1.82, 2.24) is 14.8 Å². The number of nitrogen functional groups attached to an aromatic ring is 1. The molecule has 1 amide bonds. The van der Waals surface area contributed by atoms with Crippen molar-refractivity contribution in [1.29, 1.82) is 0 Å². The molecule has 0 saturated carbocycles. The number of carbonyl (C=O) groups is 1. The van der Waals surface area contributed by atoms with Crippen LogP contribution in [0, 0.1) is 0 Å². The highest BCUT2D eigenvalue weighted by Crippen LogP contribution is 2.16. The standard InChI is InChI=1S/C14H23N5O/c1-3-12-10-18(2)7-4-8-19(12)14(20)11-5-6-13(17-15)16-9-11/h5-6,9,12H,3-4,7-8,10,15H2,1-2H3,(H,16,17). The third-order valence-electron chi connectivity index (χ3n) is 3.79. The van der Waals surface area contributed by atoms with E-state index in [1.807, 2.05) is 4.90 Å². The van der Waals surface area contributed by atoms with E-state index in [2.05, 4.69) is 29.3 Å². The third-order valence-corrected chi connectivity index (χ3v) is 3.79. The minimum Gasteiger partial charge on any atom is -0.334 e. The maximum atomic E-state index is 12.6. The molecular formula is C14H23N5O. The molecule has 1 saturated heterocycles. The smallest absolute Gasteiger partial charge is 0.255 e. The Balaban J connectivity index is 2.16. The Kier molecular flexibility index (Phi) is 4.92. The molecule has 110 valence electrons. The number of aromatic nitrogens is 1. The van der Waals surface area contributed by atoms with E-state index >= 15 is 0 Å². The monoisotopic (exact) mass is 277 g/mol. The van der Waals surface area contributed by atoms with Gasteiger partial charge in [0, 0.05) is 25.3 Å². The zero-order valence-electron chi connectivity index (χ0n) is 12.2. The Morgan fingerprint density at radius 1 is 1.50 bits per heavy atom. The molecular weight excluding hydrogens is 254 g/mol. The molecule has 1 unspecified atom stereocenters. The summed E-state index contributed by atoms with van der Waals surface area (Å²) in [7, 11) is 2.11. The number of anilines is 1. The molecule has 6 heteroatoms. The normalized spacial score (nSPS) is 20.6. The summed E-state index contributed by atoms with van der Waals surface area (Å²) in [5, 5.41) is 0. The molecule has 0 aliphatic carbocycles. The number of amides is 1. The number of hydrazine groups is 1. The Morgan fingerprint density at radius 3 is 2.90 bits per heavy atom. The Bertz CT molecular complexity index is 447. The lowest BCUT2D eigenvalue weighted by Crippen LogP contribution is -2.43. The Morgan fingerprint density at radius 2 is 2.30 bits per heavy atom. The van der Waals surface area contributed by atoms with Crippen LogP contribution in [0.5, 0.6) is 0 Å². The van der Waals surface area contributed by atoms with Gasteiger partial charge in [-0.05, 0) is 38.6 Å². The second-order valence-corrected chi connectivity index (χ2v) is 5.25. The van der Waals surface area contributed by atoms with E-state index < -0.39 is 0 Å². The molecule has 2 rings (SSSR count). The number of nitrogens with one attached hydrogen (secondary N) is 1. The van der Waals surface area contributed by atoms with Crippen LogP contribution in [0.15, 0.2) is 18.3 Å². The molecule has 1 aromatic heterocycles. The molecule has 3 N–H and O–H groups in total. The minimum absolute atomic E-state index is 0.0585. The number of hydrogen-bond donors (Lipinski definition) is 2. The SMILES string of the molecule is CCC1CN(C)CCCN1C(=O)c1ccc(NN)nc1. The van der Waals surface area contributed by atoms with Gasteiger partial charge in [0.05, 0.1) is 5.56 Å². The van der Waals surface area contributed by atoms with Crippen LogP contribution < -0.4 is 11.3 Å². The Hall–Kier alpha value is -1.66. The van der Waals surface area contributed by atoms with E-state index in [0.29, 0.717) is 11.4 Å². The topological polar surface area (TPSA) is 74.5 Å². The number of rotatable bonds is 3. The predicted octanol–water partition coefficient (Wildman–Crippen LogP) is 0.924. The minimum atomic E-state index is 0.0585. The largest absolute Gasteiger partial charge is 0.334 e. The summed E-state index contributed by atoms with van der Waals surface area (Å²) in [5.74, 6) is 5.90. The molecule has 1 aromatic rings. The summed E-state index contributed by atoms with van der Waals surface area (Å²) in [6.45, 7) is 4.90. The van der Waals surface area contributed by atoms with Gasteiger partial charge in [-0.25, -0.2) is 10.8 Å². The zero-order chi connectivity index (χ0) is 14.5. The fourth-order valence-corrected chi connectivity index (χ4v) is 2.63. The van der Waals surface area contributed by atoms with E-state index in [1.165, 1.54) is 0 Å². The first-order valence-corrected chi connectivity index (χ1v) is 7.08. The summed E-state index contributed by atoms with van der Waals surface area (Å²) in [4.78, 5) is 21.0. The van der Waals surface area contributed by atoms with Gasteiger partial charge in [-0.1, -0.05) is 6.92 Å². The van der Waals surface area contributed by atoms with Crippen LogP contribution >= 0.6 is 0 Å². The highest BCUT2D eigenvalue weighted by atomic mass is 16.2. The van der Waals surface area contributed by atoms with Gasteiger partial charge in [0.25, 0.3) is 5.91 Å². The van der Waals surface area contributed by atoms with Crippen LogP contribution in [0.2, 0.25) is 0 Å². The molecule has 0 spiro atoms. The highest BCUT2D eigenvalue weighted by molar-refractivity contribution is 5.94. The molecule has 1 atom stereocenters. The van der Waals surface area contributed by atoms with E-state index in [9.17, 15) is 4.79 Å². The fourth-order valence-electron chi connectivity index (χ4n) is 2.63. The van der Waals surface area contributed by atoms with Crippen LogP contribution in [0.25, 0.3) is 0 Å². The van der Waals surface area contributed by atoms with Crippen molar-refractivity contribution < 1.29 is 4.79 Å². The number of nitrogens with zero attached hydrogens (tertiary/aromatic N) is 3. The molecule has 20 heavy (non-hydrogen) atoms. The summed E-state index contributed by atoms with van der Waals surface area (Å²) < 4.78 is 0. The van der Waals surface area contributed by atoms with E-state index in [4.69, 9.17) is 5.84 Å². The van der Waals surface area contributed by atoms with Gasteiger partial charge < -0.3 is 15.2 Å². The molecule has 0 bridgehead atoms. The van der Waals surface area contributed by atoms with E-state index in [-0.39, 0.29) is 11.9 Å². The van der Waals surface area contributed by atoms with E-state index in [0.717, 1.165) is 32.5 Å². The first-order valence-electron chi connectivity index (χ1n) is 7.08. The van der Waals surface area contributed by atoms with Crippen molar-refractivity contribution in [2.45, 2.75) is 25.8 Å². The van der Waals surface area contributed by atoms with Crippen LogP contribution in [0.3, 0.4) is 0 Å². The predicted molar refractivity (Wildman–Crippen MR) is 79.3 cm³/mol. The lowest BCUT2D eigenvalue weighted by molar-refractivity contribution is 0.0675. The zero-order valence-corrected chi connectivity index (χ0v) is 12.2. The van der Waals surface area contributed by atoms with Gasteiger partial charge in [0.15, 0.2) is 0 Å². The van der Waals surface area contributed by atoms with E-state index in [1.54, 1.807) is 18.3 Å². The maximum Gasteiger partial charge on any atom is 0.255 e. The number of pyridine rings is 1. The average Bonchev–Trinajstić information content (AvgIpc) is 2.67. The molecule has 0 aromatic carbocycles. The molecule has 6 nitrogen and oxygen atoms in total. The van der Waals surface area contributed by atoms with Crippen molar-refractivity contribution in [3.8, 4) is 0 Å². The van der Waals surface area contributed by atoms with Gasteiger partial charge in [-0.15, -0.1) is 0 Å². The molecule has 1 aliphatic heterocycles. The van der Waals surface area contributed by atoms with Crippen molar-refractivity contribution >= 4 is 11.7 Å². The van der Waals surface area contributed by atoms with Crippen LogP contribution in [-0.4, -0.2) is 53.4 Å². The van der Waals surface area contributed by atoms with Crippen molar-refractivity contribution in [2.24, 2.45) is 5.84 Å². The molecule has 1 aliphatic rings. The first-order chi connectivity index (χ1) is 9.65. The first kappa shape index (κ1) is 14.7. The van der Waals surface area contributed by atoms with Gasteiger partial charge >= 0.3 is 0 Å². The lowest BCUT2D eigenvalue weighted by atomic mass is 10.1. The summed E-state index contributed by atoms with van der Waals surface area (Å²) in [5.41, 5.74) is 3.08. The summed E-state index contributed by atoms with van der Waals surface area (Å²) in [6, 6.07) is 3.76. The molecule has 1 fully saturated rings. The summed E-state index contributed by atoms with van der Waals surface area (Å²) in [6.07, 6.45) is 3.55. The van der Waals surface area contributed by atoms with Gasteiger partial charge in [0.1, 0.15) is 5.82 Å². The van der Waals surface area contributed by atoms with Gasteiger partial charge in [0.2, 0.25) is 0 Å². The average molecular weight is 277 g/mol. The highest BCUT2D eigenvalue weighted by Gasteiger charge is 2.26. The number of nitrogens with two attached hydrogens (primary N) is 1. The van der Waals surface area contributed by atoms with Gasteiger partial charge in [-0.2, -0.15) is 0 Å². The molecule has 0 radical (unpaired) electrons. The van der Waals surface area contributed by atoms with Crippen molar-refractivity contribution in [3.63, 3.8) is 0 Å². The maximum absolute atomic E-state index is 12.6. The second-order valence-electron chi connectivity index (χ2n) is 5.25.